The lowest BCUT2D eigenvalue weighted by Gasteiger charge is -2.27. The number of Topliss-reactive ketones (excluding diaryl/α,β-unsaturated/α-hetero) is 1. The maximum atomic E-state index is 12.7. The maximum absolute atomic E-state index is 12.7. The summed E-state index contributed by atoms with van der Waals surface area (Å²) >= 11 is 6.27. The normalized spacial score (nSPS) is 12.9. The lowest BCUT2D eigenvalue weighted by Crippen LogP contribution is -2.38. The molecule has 2 aromatic carbocycles. The molecule has 188 valence electrons. The van der Waals surface area contributed by atoms with E-state index in [9.17, 15) is 14.4 Å². The van der Waals surface area contributed by atoms with Gasteiger partial charge in [-0.15, -0.1) is 0 Å². The van der Waals surface area contributed by atoms with Crippen LogP contribution in [0.2, 0.25) is 5.02 Å². The lowest BCUT2D eigenvalue weighted by molar-refractivity contribution is -0.118. The molecule has 1 heterocycles. The van der Waals surface area contributed by atoms with Crippen LogP contribution in [0, 0.1) is 0 Å². The number of nitrogens with one attached hydrogen (secondary N) is 1. The average molecular weight is 501 g/mol. The number of anilines is 1. The number of unbranched alkanes of at least 4 members (excludes halogenated alkanes) is 2. The summed E-state index contributed by atoms with van der Waals surface area (Å²) in [6, 6.07) is 12.7. The monoisotopic (exact) mass is 500 g/mol. The highest BCUT2D eigenvalue weighted by Crippen LogP contribution is 2.29. The Kier molecular flexibility index (Phi) is 9.15. The van der Waals surface area contributed by atoms with Crippen molar-refractivity contribution in [2.45, 2.75) is 58.5 Å². The molecule has 0 unspecified atom stereocenters. The summed E-state index contributed by atoms with van der Waals surface area (Å²) in [4.78, 5) is 38.6. The fourth-order valence-electron chi connectivity index (χ4n) is 3.74. The second-order valence-electron chi connectivity index (χ2n) is 9.59. The molecule has 0 aliphatic carbocycles. The Morgan fingerprint density at radius 3 is 2.60 bits per heavy atom. The SMILES string of the molecule is CC(C)(C)OC(=O)N(CCCCCC(=O)c1ccc2c(c1)NC(=O)CO2)CCc1ccccc1Cl. The molecular weight excluding hydrogens is 468 g/mol. The Labute approximate surface area is 211 Å². The summed E-state index contributed by atoms with van der Waals surface area (Å²) in [5.74, 6) is 0.349. The second kappa shape index (κ2) is 12.1. The number of carbonyl (C=O) groups excluding carboxylic acids is 3. The average Bonchev–Trinajstić information content (AvgIpc) is 2.79. The molecule has 0 atom stereocenters. The Balaban J connectivity index is 1.48. The standard InChI is InChI=1S/C27H33ClN2O5/c1-27(2,3)35-26(33)30(16-14-19-9-6-7-10-21(19)28)15-8-4-5-11-23(31)20-12-13-24-22(17-20)29-25(32)18-34-24/h6-7,9-10,12-13,17H,4-5,8,11,14-16,18H2,1-3H3,(H,29,32). The van der Waals surface area contributed by atoms with Crippen LogP contribution in [0.15, 0.2) is 42.5 Å². The zero-order chi connectivity index (χ0) is 25.4. The highest BCUT2D eigenvalue weighted by molar-refractivity contribution is 6.31. The van der Waals surface area contributed by atoms with Crippen molar-refractivity contribution < 1.29 is 23.9 Å². The van der Waals surface area contributed by atoms with Gasteiger partial charge in [0.2, 0.25) is 0 Å². The first-order chi connectivity index (χ1) is 16.6. The summed E-state index contributed by atoms with van der Waals surface area (Å²) in [5, 5.41) is 3.41. The van der Waals surface area contributed by atoms with Crippen LogP contribution in [0.25, 0.3) is 0 Å². The van der Waals surface area contributed by atoms with Gasteiger partial charge in [0, 0.05) is 30.1 Å². The van der Waals surface area contributed by atoms with Crippen LogP contribution in [0.4, 0.5) is 10.5 Å². The molecule has 2 amide bonds. The Morgan fingerprint density at radius 2 is 1.86 bits per heavy atom. The van der Waals surface area contributed by atoms with Gasteiger partial charge in [0.25, 0.3) is 5.91 Å². The van der Waals surface area contributed by atoms with E-state index in [0.29, 0.717) is 54.4 Å². The zero-order valence-electron chi connectivity index (χ0n) is 20.6. The Morgan fingerprint density at radius 1 is 1.09 bits per heavy atom. The molecule has 0 saturated heterocycles. The van der Waals surface area contributed by atoms with Gasteiger partial charge in [0.05, 0.1) is 5.69 Å². The molecule has 8 heteroatoms. The van der Waals surface area contributed by atoms with E-state index in [1.807, 2.05) is 45.0 Å². The first-order valence-electron chi connectivity index (χ1n) is 11.9. The van der Waals surface area contributed by atoms with Gasteiger partial charge in [0.15, 0.2) is 12.4 Å². The van der Waals surface area contributed by atoms with Crippen molar-refractivity contribution in [1.29, 1.82) is 0 Å². The number of nitrogens with zero attached hydrogens (tertiary/aromatic N) is 1. The zero-order valence-corrected chi connectivity index (χ0v) is 21.3. The van der Waals surface area contributed by atoms with Crippen molar-refractivity contribution >= 4 is 35.1 Å². The number of hydrogen-bond donors (Lipinski definition) is 1. The van der Waals surface area contributed by atoms with Crippen LogP contribution in [-0.4, -0.2) is 48.0 Å². The largest absolute Gasteiger partial charge is 0.482 e. The molecule has 1 aliphatic heterocycles. The number of fused-ring (bicyclic) bond motifs is 1. The number of halogens is 1. The van der Waals surface area contributed by atoms with Crippen molar-refractivity contribution in [2.24, 2.45) is 0 Å². The number of ketones is 1. The van der Waals surface area contributed by atoms with E-state index in [1.165, 1.54) is 0 Å². The minimum atomic E-state index is -0.578. The van der Waals surface area contributed by atoms with E-state index in [0.717, 1.165) is 18.4 Å². The molecule has 0 spiro atoms. The van der Waals surface area contributed by atoms with E-state index in [4.69, 9.17) is 21.1 Å². The van der Waals surface area contributed by atoms with Gasteiger partial charge in [-0.3, -0.25) is 9.59 Å². The van der Waals surface area contributed by atoms with Crippen molar-refractivity contribution in [2.75, 3.05) is 25.0 Å². The third-order valence-electron chi connectivity index (χ3n) is 5.53. The van der Waals surface area contributed by atoms with E-state index < -0.39 is 5.60 Å². The molecule has 2 aromatic rings. The summed E-state index contributed by atoms with van der Waals surface area (Å²) in [7, 11) is 0. The van der Waals surface area contributed by atoms with E-state index >= 15 is 0 Å². The highest BCUT2D eigenvalue weighted by Gasteiger charge is 2.22. The highest BCUT2D eigenvalue weighted by atomic mass is 35.5. The first kappa shape index (κ1) is 26.5. The van der Waals surface area contributed by atoms with Crippen LogP contribution < -0.4 is 10.1 Å². The van der Waals surface area contributed by atoms with Gasteiger partial charge in [-0.1, -0.05) is 36.2 Å². The maximum Gasteiger partial charge on any atom is 0.410 e. The number of carbonyl (C=O) groups is 3. The number of ether oxygens (including phenoxy) is 2. The molecule has 1 N–H and O–H groups in total. The molecule has 1 aliphatic rings. The van der Waals surface area contributed by atoms with Crippen LogP contribution in [0.1, 0.15) is 62.4 Å². The Hall–Kier alpha value is -3.06. The molecule has 0 radical (unpaired) electrons. The van der Waals surface area contributed by atoms with Crippen molar-refractivity contribution in [1.82, 2.24) is 4.90 Å². The minimum Gasteiger partial charge on any atom is -0.482 e. The van der Waals surface area contributed by atoms with Crippen molar-refractivity contribution in [3.8, 4) is 5.75 Å². The predicted octanol–water partition coefficient (Wildman–Crippen LogP) is 5.89. The molecule has 0 fully saturated rings. The number of rotatable bonds is 10. The van der Waals surface area contributed by atoms with Crippen LogP contribution in [0.5, 0.6) is 5.75 Å². The smallest absolute Gasteiger partial charge is 0.410 e. The quantitative estimate of drug-likeness (QED) is 0.324. The number of amides is 2. The number of hydrogen-bond acceptors (Lipinski definition) is 5. The summed E-state index contributed by atoms with van der Waals surface area (Å²) in [5.41, 5.74) is 1.48. The molecule has 0 saturated carbocycles. The topological polar surface area (TPSA) is 84.9 Å². The van der Waals surface area contributed by atoms with Gasteiger partial charge in [0.1, 0.15) is 11.4 Å². The first-order valence-corrected chi connectivity index (χ1v) is 12.3. The minimum absolute atomic E-state index is 0.00957. The molecule has 0 bridgehead atoms. The van der Waals surface area contributed by atoms with Gasteiger partial charge in [-0.25, -0.2) is 4.79 Å². The summed E-state index contributed by atoms with van der Waals surface area (Å²) in [6.07, 6.45) is 2.92. The van der Waals surface area contributed by atoms with Crippen molar-refractivity contribution in [3.63, 3.8) is 0 Å². The van der Waals surface area contributed by atoms with Crippen LogP contribution >= 0.6 is 11.6 Å². The molecule has 3 rings (SSSR count). The van der Waals surface area contributed by atoms with E-state index in [1.54, 1.807) is 23.1 Å². The fraction of sp³-hybridized carbons (Fsp3) is 0.444. The van der Waals surface area contributed by atoms with E-state index in [-0.39, 0.29) is 24.4 Å². The summed E-state index contributed by atoms with van der Waals surface area (Å²) < 4.78 is 10.9. The van der Waals surface area contributed by atoms with Crippen LogP contribution in [0.3, 0.4) is 0 Å². The molecular formula is C27H33ClN2O5. The van der Waals surface area contributed by atoms with Gasteiger partial charge in [-0.05, 0) is 69.9 Å². The third kappa shape index (κ3) is 8.28. The van der Waals surface area contributed by atoms with Gasteiger partial charge in [-0.2, -0.15) is 0 Å². The molecule has 35 heavy (non-hydrogen) atoms. The second-order valence-corrected chi connectivity index (χ2v) is 10.00. The molecule has 7 nitrogen and oxygen atoms in total. The van der Waals surface area contributed by atoms with Gasteiger partial charge >= 0.3 is 6.09 Å². The number of benzene rings is 2. The van der Waals surface area contributed by atoms with Crippen LogP contribution in [-0.2, 0) is 16.0 Å². The summed E-state index contributed by atoms with van der Waals surface area (Å²) in [6.45, 7) is 6.57. The predicted molar refractivity (Wildman–Crippen MR) is 136 cm³/mol. The Bertz CT molecular complexity index is 1060. The molecule has 0 aromatic heterocycles. The lowest BCUT2D eigenvalue weighted by atomic mass is 10.0. The third-order valence-corrected chi connectivity index (χ3v) is 5.90. The fourth-order valence-corrected chi connectivity index (χ4v) is 3.97. The van der Waals surface area contributed by atoms with Crippen molar-refractivity contribution in [3.05, 3.63) is 58.6 Å². The van der Waals surface area contributed by atoms with Gasteiger partial charge < -0.3 is 19.7 Å². The van der Waals surface area contributed by atoms with E-state index in [2.05, 4.69) is 5.32 Å².